The molecule has 0 aliphatic rings. The molecule has 16 heavy (non-hydrogen) atoms. The molecule has 2 nitrogen and oxygen atoms in total. The number of carbonyl (C=O) groups is 1. The molecule has 0 aliphatic carbocycles. The van der Waals surface area contributed by atoms with Crippen LogP contribution in [0.2, 0.25) is 19.6 Å². The van der Waals surface area contributed by atoms with E-state index in [1.54, 1.807) is 24.3 Å². The predicted octanol–water partition coefficient (Wildman–Crippen LogP) is 2.41. The Morgan fingerprint density at radius 3 is 2.62 bits per heavy atom. The van der Waals surface area contributed by atoms with Gasteiger partial charge in [0.25, 0.3) is 0 Å². The van der Waals surface area contributed by atoms with Crippen LogP contribution >= 0.6 is 0 Å². The molecule has 0 amide bonds. The van der Waals surface area contributed by atoms with E-state index in [0.29, 0.717) is 11.1 Å². The lowest BCUT2D eigenvalue weighted by atomic mass is 10.1. The van der Waals surface area contributed by atoms with E-state index in [2.05, 4.69) is 31.1 Å². The van der Waals surface area contributed by atoms with Gasteiger partial charge in [-0.3, -0.25) is 4.79 Å². The number of aliphatic hydroxyl groups is 1. The molecule has 0 heterocycles. The summed E-state index contributed by atoms with van der Waals surface area (Å²) in [7, 11) is -1.47. The van der Waals surface area contributed by atoms with Gasteiger partial charge in [0.1, 0.15) is 20.5 Å². The summed E-state index contributed by atoms with van der Waals surface area (Å²) >= 11 is 0. The second-order valence-corrected chi connectivity index (χ2v) is 9.46. The third kappa shape index (κ3) is 4.01. The van der Waals surface area contributed by atoms with Crippen LogP contribution in [0.5, 0.6) is 0 Å². The number of aliphatic hydroxyl groups excluding tert-OH is 1. The van der Waals surface area contributed by atoms with Gasteiger partial charge in [-0.2, -0.15) is 0 Å². The number of rotatable bonds is 2. The van der Waals surface area contributed by atoms with Crippen LogP contribution in [0.4, 0.5) is 0 Å². The maximum atomic E-state index is 10.6. The monoisotopic (exact) mass is 232 g/mol. The van der Waals surface area contributed by atoms with Gasteiger partial charge < -0.3 is 5.11 Å². The largest absolute Gasteiger partial charge is 0.376 e. The molecule has 0 aromatic heterocycles. The van der Waals surface area contributed by atoms with E-state index in [1.807, 2.05) is 0 Å². The zero-order valence-electron chi connectivity index (χ0n) is 9.82. The number of hydrogen-bond acceptors (Lipinski definition) is 2. The normalized spacial score (nSPS) is 12.5. The number of hydrogen-bond donors (Lipinski definition) is 1. The van der Waals surface area contributed by atoms with Gasteiger partial charge in [0, 0.05) is 5.56 Å². The van der Waals surface area contributed by atoms with Crippen LogP contribution in [0.3, 0.4) is 0 Å². The Labute approximate surface area is 97.3 Å². The minimum atomic E-state index is -1.47. The zero-order chi connectivity index (χ0) is 12.2. The lowest BCUT2D eigenvalue weighted by Crippen LogP contribution is -2.16. The highest BCUT2D eigenvalue weighted by atomic mass is 28.3. The van der Waals surface area contributed by atoms with Gasteiger partial charge in [-0.1, -0.05) is 43.8 Å². The molecule has 1 atom stereocenters. The van der Waals surface area contributed by atoms with Crippen LogP contribution in [-0.2, 0) is 0 Å². The summed E-state index contributed by atoms with van der Waals surface area (Å²) in [4.78, 5) is 10.6. The fourth-order valence-electron chi connectivity index (χ4n) is 1.17. The van der Waals surface area contributed by atoms with Crippen LogP contribution in [0.25, 0.3) is 0 Å². The predicted molar refractivity (Wildman–Crippen MR) is 67.9 cm³/mol. The first kappa shape index (κ1) is 12.7. The van der Waals surface area contributed by atoms with Crippen molar-refractivity contribution in [3.63, 3.8) is 0 Å². The van der Waals surface area contributed by atoms with Gasteiger partial charge in [0.2, 0.25) is 0 Å². The van der Waals surface area contributed by atoms with Crippen LogP contribution in [0.1, 0.15) is 22.0 Å². The maximum absolute atomic E-state index is 10.6. The highest BCUT2D eigenvalue weighted by Gasteiger charge is 2.09. The van der Waals surface area contributed by atoms with Crippen LogP contribution in [-0.4, -0.2) is 19.5 Å². The molecule has 1 aromatic carbocycles. The number of carbonyl (C=O) groups excluding carboxylic acids is 1. The second-order valence-electron chi connectivity index (χ2n) is 4.71. The quantitative estimate of drug-likeness (QED) is 0.483. The summed E-state index contributed by atoms with van der Waals surface area (Å²) in [5.74, 6) is 2.84. The maximum Gasteiger partial charge on any atom is 0.150 e. The molecule has 3 heteroatoms. The van der Waals surface area contributed by atoms with Gasteiger partial charge in [-0.25, -0.2) is 0 Å². The van der Waals surface area contributed by atoms with E-state index in [1.165, 1.54) is 0 Å². The third-order valence-electron chi connectivity index (χ3n) is 1.95. The van der Waals surface area contributed by atoms with Gasteiger partial charge in [-0.05, 0) is 11.6 Å². The van der Waals surface area contributed by atoms with Crippen molar-refractivity contribution in [1.82, 2.24) is 0 Å². The van der Waals surface area contributed by atoms with E-state index in [-0.39, 0.29) is 0 Å². The molecule has 0 spiro atoms. The van der Waals surface area contributed by atoms with Gasteiger partial charge in [-0.15, -0.1) is 5.54 Å². The second kappa shape index (κ2) is 5.11. The van der Waals surface area contributed by atoms with Crippen molar-refractivity contribution in [2.24, 2.45) is 0 Å². The Bertz CT molecular complexity index is 435. The highest BCUT2D eigenvalue weighted by Crippen LogP contribution is 2.13. The highest BCUT2D eigenvalue weighted by molar-refractivity contribution is 6.83. The molecule has 1 N–H and O–H groups in total. The fraction of sp³-hybridized carbons (Fsp3) is 0.308. The Kier molecular flexibility index (Phi) is 4.05. The van der Waals surface area contributed by atoms with Crippen molar-refractivity contribution in [2.75, 3.05) is 0 Å². The average molecular weight is 232 g/mol. The zero-order valence-corrected chi connectivity index (χ0v) is 10.8. The van der Waals surface area contributed by atoms with E-state index in [4.69, 9.17) is 0 Å². The summed E-state index contributed by atoms with van der Waals surface area (Å²) in [6, 6.07) is 6.89. The molecule has 1 rings (SSSR count). The molecule has 0 fully saturated rings. The Morgan fingerprint density at radius 2 is 2.06 bits per heavy atom. The van der Waals surface area contributed by atoms with Crippen molar-refractivity contribution in [3.8, 4) is 11.5 Å². The smallest absolute Gasteiger partial charge is 0.150 e. The fourth-order valence-corrected chi connectivity index (χ4v) is 1.74. The van der Waals surface area contributed by atoms with Crippen molar-refractivity contribution in [2.45, 2.75) is 25.7 Å². The van der Waals surface area contributed by atoms with Crippen LogP contribution < -0.4 is 0 Å². The lowest BCUT2D eigenvalue weighted by molar-refractivity contribution is 0.112. The van der Waals surface area contributed by atoms with Gasteiger partial charge in [0.05, 0.1) is 0 Å². The first-order valence-electron chi connectivity index (χ1n) is 5.18. The standard InChI is InChI=1S/C13H16O2Si/c1-16(2,3)8-7-13(15)12-6-4-5-11(9-12)10-14/h4-6,9-10,13,15H,1-3H3. The summed E-state index contributed by atoms with van der Waals surface area (Å²) in [6.07, 6.45) is -0.0334. The van der Waals surface area contributed by atoms with E-state index >= 15 is 0 Å². The summed E-state index contributed by atoms with van der Waals surface area (Å²) in [5.41, 5.74) is 4.35. The van der Waals surface area contributed by atoms with Gasteiger partial charge >= 0.3 is 0 Å². The number of aldehydes is 1. The molecule has 1 unspecified atom stereocenters. The van der Waals surface area contributed by atoms with E-state index in [9.17, 15) is 9.90 Å². The Hall–Kier alpha value is -1.37. The molecule has 0 saturated heterocycles. The van der Waals surface area contributed by atoms with Crippen molar-refractivity contribution < 1.29 is 9.90 Å². The Morgan fingerprint density at radius 1 is 1.38 bits per heavy atom. The van der Waals surface area contributed by atoms with Crippen molar-refractivity contribution in [3.05, 3.63) is 35.4 Å². The van der Waals surface area contributed by atoms with Crippen LogP contribution in [0.15, 0.2) is 24.3 Å². The molecule has 0 aliphatic heterocycles. The molecule has 0 radical (unpaired) electrons. The summed E-state index contributed by atoms with van der Waals surface area (Å²) in [6.45, 7) is 6.36. The van der Waals surface area contributed by atoms with E-state index in [0.717, 1.165) is 6.29 Å². The molecule has 0 saturated carbocycles. The van der Waals surface area contributed by atoms with E-state index < -0.39 is 14.2 Å². The third-order valence-corrected chi connectivity index (χ3v) is 2.84. The van der Waals surface area contributed by atoms with Crippen LogP contribution in [0, 0.1) is 11.5 Å². The first-order valence-corrected chi connectivity index (χ1v) is 8.68. The van der Waals surface area contributed by atoms with Gasteiger partial charge in [0.15, 0.2) is 0 Å². The van der Waals surface area contributed by atoms with Crippen molar-refractivity contribution >= 4 is 14.4 Å². The molecular weight excluding hydrogens is 216 g/mol. The topological polar surface area (TPSA) is 37.3 Å². The first-order chi connectivity index (χ1) is 7.42. The molecular formula is C13H16O2Si. The minimum absolute atomic E-state index is 0.561. The number of benzene rings is 1. The molecule has 0 bridgehead atoms. The average Bonchev–Trinajstić information content (AvgIpc) is 2.25. The minimum Gasteiger partial charge on any atom is -0.376 e. The summed E-state index contributed by atoms with van der Waals surface area (Å²) in [5, 5.41) is 9.84. The SMILES string of the molecule is C[Si](C)(C)C#CC(O)c1cccc(C=O)c1. The van der Waals surface area contributed by atoms with Crippen molar-refractivity contribution in [1.29, 1.82) is 0 Å². The Balaban J connectivity index is 2.91. The lowest BCUT2D eigenvalue weighted by Gasteiger charge is -2.07. The molecule has 1 aromatic rings. The summed E-state index contributed by atoms with van der Waals surface area (Å²) < 4.78 is 0. The molecule has 84 valence electrons.